The normalized spacial score (nSPS) is 14.0. The molecule has 0 spiro atoms. The van der Waals surface area contributed by atoms with Crippen LogP contribution < -0.4 is 20.9 Å². The summed E-state index contributed by atoms with van der Waals surface area (Å²) in [5.74, 6) is -2.01. The number of rotatable bonds is 4. The van der Waals surface area contributed by atoms with Gasteiger partial charge < -0.3 is 25.4 Å². The number of carbonyl (C=O) groups is 2. The van der Waals surface area contributed by atoms with Gasteiger partial charge in [-0.2, -0.15) is 0 Å². The Labute approximate surface area is 166 Å². The molecule has 150 valence electrons. The molecule has 1 aliphatic heterocycles. The Bertz CT molecular complexity index is 1030. The van der Waals surface area contributed by atoms with Crippen molar-refractivity contribution in [3.63, 3.8) is 0 Å². The molecule has 2 heterocycles. The summed E-state index contributed by atoms with van der Waals surface area (Å²) in [5, 5.41) is 12.8. The quantitative estimate of drug-likeness (QED) is 0.579. The second-order valence-electron chi connectivity index (χ2n) is 6.69. The fourth-order valence-electron chi connectivity index (χ4n) is 3.20. The van der Waals surface area contributed by atoms with E-state index in [9.17, 15) is 14.0 Å². The van der Waals surface area contributed by atoms with Crippen LogP contribution in [-0.2, 0) is 16.1 Å². The number of anilines is 2. The summed E-state index contributed by atoms with van der Waals surface area (Å²) in [5.41, 5.74) is 2.31. The predicted octanol–water partition coefficient (Wildman–Crippen LogP) is 1.63. The lowest BCUT2D eigenvalue weighted by Gasteiger charge is -2.29. The SMILES string of the molecule is O=C(NCc1noc2cc(F)ccc12)C(=O)Nc1ccc(N2CCNCC2)cc1. The molecule has 3 N–H and O–H groups in total. The molecule has 0 radical (unpaired) electrons. The van der Waals surface area contributed by atoms with E-state index in [0.29, 0.717) is 16.8 Å². The van der Waals surface area contributed by atoms with Crippen molar-refractivity contribution in [1.82, 2.24) is 15.8 Å². The molecule has 0 saturated carbocycles. The van der Waals surface area contributed by atoms with Crippen LogP contribution in [0.4, 0.5) is 15.8 Å². The van der Waals surface area contributed by atoms with Crippen molar-refractivity contribution in [2.75, 3.05) is 36.4 Å². The minimum absolute atomic E-state index is 0.00712. The second kappa shape index (κ2) is 8.27. The number of carbonyl (C=O) groups excluding carboxylic acids is 2. The molecule has 0 bridgehead atoms. The number of nitrogens with one attached hydrogen (secondary N) is 3. The first-order valence-corrected chi connectivity index (χ1v) is 9.29. The molecule has 2 amide bonds. The molecule has 8 nitrogen and oxygen atoms in total. The number of hydrogen-bond donors (Lipinski definition) is 3. The summed E-state index contributed by atoms with van der Waals surface area (Å²) in [6.45, 7) is 3.73. The van der Waals surface area contributed by atoms with Crippen LogP contribution in [0.5, 0.6) is 0 Å². The maximum atomic E-state index is 13.2. The van der Waals surface area contributed by atoms with E-state index in [2.05, 4.69) is 26.0 Å². The summed E-state index contributed by atoms with van der Waals surface area (Å²) >= 11 is 0. The molecule has 29 heavy (non-hydrogen) atoms. The van der Waals surface area contributed by atoms with Crippen molar-refractivity contribution in [3.05, 3.63) is 54.0 Å². The van der Waals surface area contributed by atoms with E-state index in [0.717, 1.165) is 31.9 Å². The first kappa shape index (κ1) is 18.9. The largest absolute Gasteiger partial charge is 0.369 e. The van der Waals surface area contributed by atoms with Crippen LogP contribution in [0.3, 0.4) is 0 Å². The van der Waals surface area contributed by atoms with Crippen molar-refractivity contribution in [2.45, 2.75) is 6.54 Å². The first-order chi connectivity index (χ1) is 14.1. The Hall–Kier alpha value is -3.46. The Balaban J connectivity index is 1.32. The lowest BCUT2D eigenvalue weighted by Crippen LogP contribution is -2.43. The number of benzene rings is 2. The smallest absolute Gasteiger partial charge is 0.313 e. The average Bonchev–Trinajstić information content (AvgIpc) is 3.15. The van der Waals surface area contributed by atoms with Crippen molar-refractivity contribution >= 4 is 34.2 Å². The van der Waals surface area contributed by atoms with Gasteiger partial charge in [-0.25, -0.2) is 4.39 Å². The van der Waals surface area contributed by atoms with E-state index >= 15 is 0 Å². The van der Waals surface area contributed by atoms with Gasteiger partial charge in [0.2, 0.25) is 0 Å². The van der Waals surface area contributed by atoms with E-state index < -0.39 is 17.6 Å². The first-order valence-electron chi connectivity index (χ1n) is 9.29. The van der Waals surface area contributed by atoms with Crippen LogP contribution in [0.2, 0.25) is 0 Å². The van der Waals surface area contributed by atoms with Crippen LogP contribution >= 0.6 is 0 Å². The highest BCUT2D eigenvalue weighted by Gasteiger charge is 2.16. The van der Waals surface area contributed by atoms with Gasteiger partial charge in [-0.3, -0.25) is 9.59 Å². The maximum Gasteiger partial charge on any atom is 0.313 e. The topological polar surface area (TPSA) is 99.5 Å². The Morgan fingerprint density at radius 1 is 1.10 bits per heavy atom. The van der Waals surface area contributed by atoms with Gasteiger partial charge in [-0.1, -0.05) is 5.16 Å². The van der Waals surface area contributed by atoms with Gasteiger partial charge in [0, 0.05) is 49.0 Å². The molecule has 4 rings (SSSR count). The Kier molecular flexibility index (Phi) is 5.39. The predicted molar refractivity (Wildman–Crippen MR) is 106 cm³/mol. The van der Waals surface area contributed by atoms with Gasteiger partial charge in [0.05, 0.1) is 6.54 Å². The van der Waals surface area contributed by atoms with Gasteiger partial charge >= 0.3 is 11.8 Å². The molecule has 2 aromatic carbocycles. The standard InChI is InChI=1S/C20H20FN5O3/c21-13-1-6-16-17(25-29-18(16)11-13)12-23-19(27)20(28)24-14-2-4-15(5-3-14)26-9-7-22-8-10-26/h1-6,11,22H,7-10,12H2,(H,23,27)(H,24,28). The monoisotopic (exact) mass is 397 g/mol. The van der Waals surface area contributed by atoms with Gasteiger partial charge in [-0.05, 0) is 36.4 Å². The highest BCUT2D eigenvalue weighted by molar-refractivity contribution is 6.39. The van der Waals surface area contributed by atoms with Gasteiger partial charge in [0.1, 0.15) is 11.5 Å². The van der Waals surface area contributed by atoms with E-state index in [1.54, 1.807) is 12.1 Å². The van der Waals surface area contributed by atoms with Gasteiger partial charge in [0.15, 0.2) is 5.58 Å². The summed E-state index contributed by atoms with van der Waals surface area (Å²) in [7, 11) is 0. The number of nitrogens with zero attached hydrogens (tertiary/aromatic N) is 2. The van der Waals surface area contributed by atoms with Crippen LogP contribution in [0.25, 0.3) is 11.0 Å². The fourth-order valence-corrected chi connectivity index (χ4v) is 3.20. The average molecular weight is 397 g/mol. The van der Waals surface area contributed by atoms with Crippen LogP contribution in [0.15, 0.2) is 47.0 Å². The molecule has 1 fully saturated rings. The zero-order valence-electron chi connectivity index (χ0n) is 15.6. The lowest BCUT2D eigenvalue weighted by molar-refractivity contribution is -0.136. The van der Waals surface area contributed by atoms with E-state index in [-0.39, 0.29) is 12.1 Å². The van der Waals surface area contributed by atoms with Crippen molar-refractivity contribution in [3.8, 4) is 0 Å². The van der Waals surface area contributed by atoms with E-state index in [4.69, 9.17) is 4.52 Å². The van der Waals surface area contributed by atoms with E-state index in [1.165, 1.54) is 18.2 Å². The summed E-state index contributed by atoms with van der Waals surface area (Å²) < 4.78 is 18.2. The van der Waals surface area contributed by atoms with Gasteiger partial charge in [0.25, 0.3) is 0 Å². The number of hydrogen-bond acceptors (Lipinski definition) is 6. The van der Waals surface area contributed by atoms with E-state index in [1.807, 2.05) is 12.1 Å². The molecular formula is C20H20FN5O3. The maximum absolute atomic E-state index is 13.2. The zero-order chi connectivity index (χ0) is 20.2. The minimum Gasteiger partial charge on any atom is -0.369 e. The van der Waals surface area contributed by atoms with Crippen LogP contribution in [0.1, 0.15) is 5.69 Å². The van der Waals surface area contributed by atoms with Crippen molar-refractivity contribution < 1.29 is 18.5 Å². The highest BCUT2D eigenvalue weighted by atomic mass is 19.1. The van der Waals surface area contributed by atoms with Crippen molar-refractivity contribution in [1.29, 1.82) is 0 Å². The third kappa shape index (κ3) is 4.35. The molecular weight excluding hydrogens is 377 g/mol. The second-order valence-corrected chi connectivity index (χ2v) is 6.69. The van der Waals surface area contributed by atoms with Crippen LogP contribution in [0, 0.1) is 5.82 Å². The number of aromatic nitrogens is 1. The summed E-state index contributed by atoms with van der Waals surface area (Å²) in [6, 6.07) is 11.4. The molecule has 1 saturated heterocycles. The fraction of sp³-hybridized carbons (Fsp3) is 0.250. The molecule has 9 heteroatoms. The number of amides is 2. The zero-order valence-corrected chi connectivity index (χ0v) is 15.6. The Morgan fingerprint density at radius 3 is 2.62 bits per heavy atom. The third-order valence-corrected chi connectivity index (χ3v) is 4.74. The molecule has 1 aromatic heterocycles. The van der Waals surface area contributed by atoms with Crippen molar-refractivity contribution in [2.24, 2.45) is 0 Å². The third-order valence-electron chi connectivity index (χ3n) is 4.74. The highest BCUT2D eigenvalue weighted by Crippen LogP contribution is 2.20. The summed E-state index contributed by atoms with van der Waals surface area (Å²) in [4.78, 5) is 26.5. The number of halogens is 1. The Morgan fingerprint density at radius 2 is 1.86 bits per heavy atom. The summed E-state index contributed by atoms with van der Waals surface area (Å²) in [6.07, 6.45) is 0. The lowest BCUT2D eigenvalue weighted by atomic mass is 10.2. The molecule has 0 unspecified atom stereocenters. The molecule has 0 atom stereocenters. The number of fused-ring (bicyclic) bond motifs is 1. The van der Waals surface area contributed by atoms with Crippen LogP contribution in [-0.4, -0.2) is 43.2 Å². The molecule has 3 aromatic rings. The minimum atomic E-state index is -0.797. The molecule has 0 aliphatic carbocycles. The van der Waals surface area contributed by atoms with Gasteiger partial charge in [-0.15, -0.1) is 0 Å². The molecule has 1 aliphatic rings. The number of piperazine rings is 1.